The van der Waals surface area contributed by atoms with E-state index < -0.39 is 12.4 Å². The Morgan fingerprint density at radius 2 is 2.05 bits per heavy atom. The second-order valence-electron chi connectivity index (χ2n) is 11.0. The minimum atomic E-state index is -0.965. The molecule has 3 heterocycles. The number of halogens is 1. The van der Waals surface area contributed by atoms with Crippen LogP contribution >= 0.6 is 34.1 Å². The molecule has 3 aliphatic rings. The van der Waals surface area contributed by atoms with E-state index in [9.17, 15) is 19.5 Å². The van der Waals surface area contributed by atoms with Crippen molar-refractivity contribution in [2.75, 3.05) is 11.0 Å². The van der Waals surface area contributed by atoms with E-state index in [1.54, 1.807) is 0 Å². The molecule has 12 heteroatoms. The van der Waals surface area contributed by atoms with Crippen molar-refractivity contribution in [2.45, 2.75) is 82.8 Å². The molecule has 10 nitrogen and oxygen atoms in total. The number of alkyl halides is 1. The van der Waals surface area contributed by atoms with Gasteiger partial charge in [0.15, 0.2) is 6.29 Å². The van der Waals surface area contributed by atoms with Gasteiger partial charge in [-0.2, -0.15) is 0 Å². The lowest BCUT2D eigenvalue weighted by molar-refractivity contribution is -0.0873. The van der Waals surface area contributed by atoms with Crippen LogP contribution in [0.4, 0.5) is 4.79 Å². The van der Waals surface area contributed by atoms with E-state index in [4.69, 9.17) is 14.2 Å². The first-order valence-electron chi connectivity index (χ1n) is 13.9. The summed E-state index contributed by atoms with van der Waals surface area (Å²) in [6.07, 6.45) is 4.35. The molecule has 0 radical (unpaired) electrons. The number of allylic oxidation sites excluding steroid dienone is 1. The van der Waals surface area contributed by atoms with Gasteiger partial charge < -0.3 is 24.6 Å². The highest BCUT2D eigenvalue weighted by Gasteiger charge is 2.60. The van der Waals surface area contributed by atoms with Crippen molar-refractivity contribution in [1.82, 2.24) is 13.8 Å². The van der Waals surface area contributed by atoms with Crippen LogP contribution in [0.2, 0.25) is 0 Å². The molecule has 0 bridgehead atoms. The zero-order chi connectivity index (χ0) is 29.1. The molecule has 41 heavy (non-hydrogen) atoms. The van der Waals surface area contributed by atoms with Crippen molar-refractivity contribution in [1.29, 1.82) is 0 Å². The quantitative estimate of drug-likeness (QED) is 0.177. The second-order valence-corrected chi connectivity index (χ2v) is 13.1. The van der Waals surface area contributed by atoms with Gasteiger partial charge in [-0.05, 0) is 61.3 Å². The minimum Gasteiger partial charge on any atom is -0.445 e. The predicted octanol–water partition coefficient (Wildman–Crippen LogP) is 3.72. The molecule has 0 spiro atoms. The van der Waals surface area contributed by atoms with Gasteiger partial charge in [-0.25, -0.2) is 18.1 Å². The molecular formula is C29H36IN3O7S. The van der Waals surface area contributed by atoms with Crippen LogP contribution in [0.25, 0.3) is 0 Å². The topological polar surface area (TPSA) is 124 Å². The number of nitrogens with one attached hydrogen (secondary N) is 1. The van der Waals surface area contributed by atoms with Gasteiger partial charge in [0.25, 0.3) is 0 Å². The average molecular weight is 698 g/mol. The SMILES string of the molecule is C=C1C(O)O[C@H]2[C@H]1CC/C(COC(=O)NCc1ccc(Cn3c(=O)sn(CCCI)c3=O)cc1)=C\CC[C@@]1(C)O[C@@H]21. The normalized spacial score (nSPS) is 28.8. The van der Waals surface area contributed by atoms with E-state index in [0.717, 1.165) is 58.3 Å². The zero-order valence-electron chi connectivity index (χ0n) is 23.1. The third-order valence-corrected chi connectivity index (χ3v) is 9.80. The number of aryl methyl sites for hydroxylation is 1. The van der Waals surface area contributed by atoms with Crippen molar-refractivity contribution in [3.63, 3.8) is 0 Å². The van der Waals surface area contributed by atoms with Gasteiger partial charge in [-0.1, -0.05) is 59.5 Å². The number of aromatic nitrogens is 2. The fourth-order valence-corrected chi connectivity index (χ4v) is 6.73. The Bertz CT molecular complexity index is 1410. The second kappa shape index (κ2) is 12.9. The molecule has 1 amide bonds. The largest absolute Gasteiger partial charge is 0.445 e. The predicted molar refractivity (Wildman–Crippen MR) is 163 cm³/mol. The number of benzene rings is 1. The fourth-order valence-electron chi connectivity index (χ4n) is 5.57. The highest BCUT2D eigenvalue weighted by atomic mass is 127. The van der Waals surface area contributed by atoms with Crippen LogP contribution in [-0.2, 0) is 33.8 Å². The molecule has 0 saturated carbocycles. The van der Waals surface area contributed by atoms with Crippen molar-refractivity contribution >= 4 is 40.2 Å². The summed E-state index contributed by atoms with van der Waals surface area (Å²) in [5, 5.41) is 13.0. The van der Waals surface area contributed by atoms with E-state index in [2.05, 4.69) is 47.5 Å². The smallest absolute Gasteiger partial charge is 0.407 e. The van der Waals surface area contributed by atoms with Gasteiger partial charge in [-0.15, -0.1) is 0 Å². The molecule has 1 aromatic heterocycles. The average Bonchev–Trinajstić information content (AvgIpc) is 3.45. The van der Waals surface area contributed by atoms with Gasteiger partial charge in [0.05, 0.1) is 18.2 Å². The Morgan fingerprint density at radius 1 is 1.29 bits per heavy atom. The van der Waals surface area contributed by atoms with Crippen LogP contribution in [0, 0.1) is 5.92 Å². The number of hydrogen-bond acceptors (Lipinski definition) is 8. The minimum absolute atomic E-state index is 0.00436. The van der Waals surface area contributed by atoms with E-state index in [0.29, 0.717) is 18.5 Å². The number of carbonyl (C=O) groups is 1. The summed E-state index contributed by atoms with van der Waals surface area (Å²) in [5.41, 5.74) is 2.87. The number of aliphatic hydroxyl groups excluding tert-OH is 1. The maximum Gasteiger partial charge on any atom is 0.407 e. The lowest BCUT2D eigenvalue weighted by Crippen LogP contribution is -2.29. The molecule has 1 unspecified atom stereocenters. The van der Waals surface area contributed by atoms with Gasteiger partial charge in [0.1, 0.15) is 12.7 Å². The molecule has 5 atom stereocenters. The van der Waals surface area contributed by atoms with Crippen molar-refractivity contribution < 1.29 is 24.1 Å². The number of alkyl carbamates (subject to hydrolysis) is 1. The lowest BCUT2D eigenvalue weighted by atomic mass is 9.84. The summed E-state index contributed by atoms with van der Waals surface area (Å²) >= 11 is 3.21. The van der Waals surface area contributed by atoms with E-state index in [1.807, 2.05) is 24.3 Å². The molecule has 2 fully saturated rings. The Labute approximate surface area is 256 Å². The van der Waals surface area contributed by atoms with Crippen LogP contribution in [0.15, 0.2) is 57.7 Å². The third-order valence-electron chi connectivity index (χ3n) is 8.10. The molecule has 1 aliphatic carbocycles. The Balaban J connectivity index is 1.10. The number of carbonyl (C=O) groups excluding carboxylic acids is 1. The highest BCUT2D eigenvalue weighted by molar-refractivity contribution is 14.1. The lowest BCUT2D eigenvalue weighted by Gasteiger charge is -2.20. The summed E-state index contributed by atoms with van der Waals surface area (Å²) in [6, 6.07) is 7.43. The standard InChI is InChI=1S/C29H36IN3O7S/c1-18-22-11-10-21(5-3-12-29(2)24(40-29)23(22)39-25(18)34)17-38-26(35)31-15-19-6-8-20(9-7-19)16-32-27(36)33(14-4-13-30)41-28(32)37/h5-9,22-25,34H,1,3-4,10-17H2,2H3,(H,31,35)/b21-5+/t22-,23-,24-,25?,29+/m0/s1. The van der Waals surface area contributed by atoms with E-state index >= 15 is 0 Å². The Hall–Kier alpha value is -2.26. The van der Waals surface area contributed by atoms with Crippen LogP contribution in [0.1, 0.15) is 50.2 Å². The summed E-state index contributed by atoms with van der Waals surface area (Å²) < 4.78 is 21.0. The van der Waals surface area contributed by atoms with Gasteiger partial charge in [-0.3, -0.25) is 4.79 Å². The molecule has 2 saturated heterocycles. The third kappa shape index (κ3) is 7.04. The van der Waals surface area contributed by atoms with Gasteiger partial charge >= 0.3 is 16.7 Å². The molecule has 5 rings (SSSR count). The number of amides is 1. The summed E-state index contributed by atoms with van der Waals surface area (Å²) in [5.74, 6) is -0.00436. The molecule has 222 valence electrons. The number of hydrogen-bond donors (Lipinski definition) is 2. The van der Waals surface area contributed by atoms with Crippen LogP contribution in [0.5, 0.6) is 0 Å². The van der Waals surface area contributed by atoms with Crippen molar-refractivity contribution in [3.05, 3.63) is 79.3 Å². The van der Waals surface area contributed by atoms with Crippen molar-refractivity contribution in [2.24, 2.45) is 5.92 Å². The number of ether oxygens (including phenoxy) is 3. The molecular weight excluding hydrogens is 661 g/mol. The molecule has 2 aromatic rings. The number of aliphatic hydroxyl groups is 1. The fraction of sp³-hybridized carbons (Fsp3) is 0.552. The summed E-state index contributed by atoms with van der Waals surface area (Å²) in [4.78, 5) is 37.0. The molecule has 2 aliphatic heterocycles. The monoisotopic (exact) mass is 697 g/mol. The Morgan fingerprint density at radius 3 is 2.80 bits per heavy atom. The zero-order valence-corrected chi connectivity index (χ0v) is 26.0. The van der Waals surface area contributed by atoms with Gasteiger partial charge in [0.2, 0.25) is 0 Å². The van der Waals surface area contributed by atoms with Crippen molar-refractivity contribution in [3.8, 4) is 0 Å². The number of nitrogens with zero attached hydrogens (tertiary/aromatic N) is 2. The molecule has 2 N–H and O–H groups in total. The highest BCUT2D eigenvalue weighted by Crippen LogP contribution is 2.50. The van der Waals surface area contributed by atoms with E-state index in [-0.39, 0.29) is 54.0 Å². The Kier molecular flexibility index (Phi) is 9.53. The maximum absolute atomic E-state index is 12.5. The van der Waals surface area contributed by atoms with Gasteiger partial charge in [0, 0.05) is 35.0 Å². The first-order chi connectivity index (χ1) is 19.7. The number of fused-ring (bicyclic) bond motifs is 3. The molecule has 1 aromatic carbocycles. The first-order valence-corrected chi connectivity index (χ1v) is 16.2. The first kappa shape index (κ1) is 30.2. The number of rotatable bonds is 9. The summed E-state index contributed by atoms with van der Waals surface area (Å²) in [7, 11) is 0. The van der Waals surface area contributed by atoms with Crippen LogP contribution in [-0.4, -0.2) is 54.9 Å². The maximum atomic E-state index is 12.5. The number of epoxide rings is 1. The van der Waals surface area contributed by atoms with Crippen LogP contribution in [0.3, 0.4) is 0 Å². The van der Waals surface area contributed by atoms with Crippen LogP contribution < -0.4 is 15.9 Å². The summed E-state index contributed by atoms with van der Waals surface area (Å²) in [6.45, 7) is 7.35. The van der Waals surface area contributed by atoms with E-state index in [1.165, 1.54) is 8.52 Å².